The van der Waals surface area contributed by atoms with Crippen LogP contribution in [0.15, 0.2) is 29.6 Å². The van der Waals surface area contributed by atoms with E-state index in [1.807, 2.05) is 18.2 Å². The van der Waals surface area contributed by atoms with Gasteiger partial charge in [0.2, 0.25) is 5.91 Å². The molecule has 0 aliphatic carbocycles. The van der Waals surface area contributed by atoms with Gasteiger partial charge in [-0.15, -0.1) is 10.2 Å². The third-order valence-electron chi connectivity index (χ3n) is 5.81. The predicted octanol–water partition coefficient (Wildman–Crippen LogP) is 2.88. The fourth-order valence-corrected chi connectivity index (χ4v) is 4.99. The van der Waals surface area contributed by atoms with Crippen LogP contribution in [0, 0.1) is 13.8 Å². The molecule has 1 atom stereocenters. The van der Waals surface area contributed by atoms with Gasteiger partial charge < -0.3 is 14.6 Å². The number of aryl methyl sites for hydroxylation is 1. The van der Waals surface area contributed by atoms with Crippen molar-refractivity contribution in [2.24, 2.45) is 0 Å². The normalized spacial score (nSPS) is 14.5. The van der Waals surface area contributed by atoms with E-state index in [0.29, 0.717) is 58.8 Å². The number of esters is 1. The van der Waals surface area contributed by atoms with Gasteiger partial charge in [-0.2, -0.15) is 0 Å². The van der Waals surface area contributed by atoms with Crippen LogP contribution in [0.4, 0.5) is 0 Å². The molecule has 0 radical (unpaired) electrons. The summed E-state index contributed by atoms with van der Waals surface area (Å²) in [5, 5.41) is 8.61. The van der Waals surface area contributed by atoms with Crippen molar-refractivity contribution >= 4 is 29.4 Å². The number of hydrogen-bond acceptors (Lipinski definition) is 8. The lowest BCUT2D eigenvalue weighted by molar-refractivity contribution is -0.128. The third-order valence-corrected chi connectivity index (χ3v) is 6.85. The molecule has 0 unspecified atom stereocenters. The van der Waals surface area contributed by atoms with Gasteiger partial charge in [0.15, 0.2) is 16.8 Å². The number of likely N-dealkylation sites (tertiary alicyclic amines) is 1. The molecule has 0 bridgehead atoms. The lowest BCUT2D eigenvalue weighted by Crippen LogP contribution is -2.26. The number of H-pyrrole nitrogens is 1. The fourth-order valence-electron chi connectivity index (χ4n) is 4.06. The summed E-state index contributed by atoms with van der Waals surface area (Å²) in [6.07, 6.45) is 3.03. The number of methoxy groups -OCH3 is 1. The topological polar surface area (TPSA) is 123 Å². The number of aromatic nitrogens is 5. The number of aromatic amines is 1. The van der Waals surface area contributed by atoms with Crippen molar-refractivity contribution in [3.63, 3.8) is 0 Å². The van der Waals surface area contributed by atoms with E-state index in [9.17, 15) is 14.4 Å². The molecule has 0 spiro atoms. The number of nitrogens with one attached hydrogen (secondary N) is 1. The summed E-state index contributed by atoms with van der Waals surface area (Å²) in [5.74, 6) is 0.619. The van der Waals surface area contributed by atoms with Crippen molar-refractivity contribution in [1.29, 1.82) is 0 Å². The van der Waals surface area contributed by atoms with Gasteiger partial charge in [0, 0.05) is 24.9 Å². The summed E-state index contributed by atoms with van der Waals surface area (Å²) >= 11 is 1.25. The molecule has 0 saturated carbocycles. The number of Topliss-reactive ketones (excluding diaryl/α,β-unsaturated/α-hetero) is 1. The first-order valence-electron chi connectivity index (χ1n) is 10.9. The van der Waals surface area contributed by atoms with Crippen molar-refractivity contribution in [3.8, 4) is 5.82 Å². The third kappa shape index (κ3) is 4.47. The Kier molecular flexibility index (Phi) is 6.82. The molecule has 1 saturated heterocycles. The number of ether oxygens (including phenoxy) is 1. The Morgan fingerprint density at radius 3 is 2.71 bits per heavy atom. The highest BCUT2D eigenvalue weighted by Gasteiger charge is 2.29. The zero-order chi connectivity index (χ0) is 24.4. The highest BCUT2D eigenvalue weighted by atomic mass is 32.2. The Balaban J connectivity index is 1.63. The second-order valence-corrected chi connectivity index (χ2v) is 9.39. The van der Waals surface area contributed by atoms with E-state index < -0.39 is 11.2 Å². The maximum absolute atomic E-state index is 13.3. The van der Waals surface area contributed by atoms with Gasteiger partial charge in [0.05, 0.1) is 30.2 Å². The largest absolute Gasteiger partial charge is 0.465 e. The monoisotopic (exact) mass is 482 g/mol. The van der Waals surface area contributed by atoms with E-state index in [-0.39, 0.29) is 11.7 Å². The van der Waals surface area contributed by atoms with Gasteiger partial charge >= 0.3 is 5.97 Å². The van der Waals surface area contributed by atoms with E-state index >= 15 is 0 Å². The lowest BCUT2D eigenvalue weighted by Gasteiger charge is -2.16. The van der Waals surface area contributed by atoms with Crippen molar-refractivity contribution in [2.45, 2.75) is 50.6 Å². The maximum Gasteiger partial charge on any atom is 0.339 e. The average molecular weight is 483 g/mol. The number of thioether (sulfide) groups is 1. The minimum absolute atomic E-state index is 0.0901. The second-order valence-electron chi connectivity index (χ2n) is 8.08. The van der Waals surface area contributed by atoms with E-state index in [1.165, 1.54) is 18.9 Å². The Hall–Kier alpha value is -3.47. The summed E-state index contributed by atoms with van der Waals surface area (Å²) < 4.78 is 6.63. The van der Waals surface area contributed by atoms with E-state index in [2.05, 4.69) is 20.2 Å². The Morgan fingerprint density at radius 1 is 1.26 bits per heavy atom. The Labute approximate surface area is 201 Å². The first-order valence-corrected chi connectivity index (χ1v) is 11.8. The lowest BCUT2D eigenvalue weighted by atomic mass is 10.1. The van der Waals surface area contributed by atoms with E-state index in [1.54, 1.807) is 36.4 Å². The van der Waals surface area contributed by atoms with Crippen molar-refractivity contribution in [3.05, 3.63) is 52.7 Å². The molecule has 1 aliphatic rings. The van der Waals surface area contributed by atoms with Gasteiger partial charge in [0.25, 0.3) is 0 Å². The molecule has 4 rings (SSSR count). The second kappa shape index (κ2) is 9.80. The van der Waals surface area contributed by atoms with Crippen LogP contribution >= 0.6 is 11.8 Å². The fraction of sp³-hybridized carbons (Fsp3) is 0.391. The highest BCUT2D eigenvalue weighted by molar-refractivity contribution is 8.00. The first kappa shape index (κ1) is 23.7. The summed E-state index contributed by atoms with van der Waals surface area (Å²) in [5.41, 5.74) is 1.88. The van der Waals surface area contributed by atoms with Crippen LogP contribution in [0.25, 0.3) is 5.82 Å². The van der Waals surface area contributed by atoms with Crippen LogP contribution in [0.5, 0.6) is 0 Å². The molecule has 0 aromatic carbocycles. The molecule has 10 nitrogen and oxygen atoms in total. The van der Waals surface area contributed by atoms with Gasteiger partial charge in [-0.25, -0.2) is 9.78 Å². The van der Waals surface area contributed by atoms with Crippen LogP contribution in [-0.2, 0) is 16.1 Å². The number of carbonyl (C=O) groups is 3. The number of rotatable bonds is 8. The molecular formula is C23H26N6O4S. The quantitative estimate of drug-likeness (QED) is 0.295. The predicted molar refractivity (Wildman–Crippen MR) is 125 cm³/mol. The number of nitrogens with zero attached hydrogens (tertiary/aromatic N) is 5. The van der Waals surface area contributed by atoms with Crippen molar-refractivity contribution in [1.82, 2.24) is 29.6 Å². The number of hydrogen-bond donors (Lipinski definition) is 1. The SMILES string of the molecule is COC(=O)c1c(C)[nH]c(C(=O)[C@H](C)Sc2nnc(CN3CCCC3=O)n2-c2ccccn2)c1C. The molecule has 1 N–H and O–H groups in total. The van der Waals surface area contributed by atoms with Crippen LogP contribution in [0.1, 0.15) is 57.7 Å². The van der Waals surface area contributed by atoms with Gasteiger partial charge in [-0.3, -0.25) is 14.2 Å². The standard InChI is InChI=1S/C23H26N6O4S/c1-13-19(22(32)33-4)14(2)25-20(13)21(31)15(3)34-23-27-26-17(12-28-11-7-9-18(28)30)29(23)16-8-5-6-10-24-16/h5-6,8,10,15,25H,7,9,11-12H2,1-4H3/t15-/m0/s1. The molecule has 11 heteroatoms. The maximum atomic E-state index is 13.3. The van der Waals surface area contributed by atoms with E-state index in [0.717, 1.165) is 6.42 Å². The number of ketones is 1. The average Bonchev–Trinajstić information content (AvgIpc) is 3.51. The van der Waals surface area contributed by atoms with Crippen LogP contribution in [-0.4, -0.2) is 66.2 Å². The van der Waals surface area contributed by atoms with Crippen LogP contribution in [0.3, 0.4) is 0 Å². The molecule has 3 aromatic rings. The summed E-state index contributed by atoms with van der Waals surface area (Å²) in [6.45, 7) is 6.24. The Morgan fingerprint density at radius 2 is 2.06 bits per heavy atom. The highest BCUT2D eigenvalue weighted by Crippen LogP contribution is 2.29. The number of pyridine rings is 1. The van der Waals surface area contributed by atoms with Crippen LogP contribution in [0.2, 0.25) is 0 Å². The Bertz CT molecular complexity index is 1240. The molecule has 3 aromatic heterocycles. The van der Waals surface area contributed by atoms with Crippen molar-refractivity contribution in [2.75, 3.05) is 13.7 Å². The van der Waals surface area contributed by atoms with Crippen LogP contribution < -0.4 is 0 Å². The van der Waals surface area contributed by atoms with E-state index in [4.69, 9.17) is 4.74 Å². The number of amides is 1. The molecule has 1 aliphatic heterocycles. The molecule has 1 fully saturated rings. The molecular weight excluding hydrogens is 456 g/mol. The zero-order valence-corrected chi connectivity index (χ0v) is 20.3. The molecule has 178 valence electrons. The van der Waals surface area contributed by atoms with Gasteiger partial charge in [-0.1, -0.05) is 17.8 Å². The first-order chi connectivity index (χ1) is 16.3. The zero-order valence-electron chi connectivity index (χ0n) is 19.5. The summed E-state index contributed by atoms with van der Waals surface area (Å²) in [4.78, 5) is 46.8. The molecule has 4 heterocycles. The van der Waals surface area contributed by atoms with Crippen molar-refractivity contribution < 1.29 is 19.1 Å². The van der Waals surface area contributed by atoms with Gasteiger partial charge in [0.1, 0.15) is 5.82 Å². The molecule has 1 amide bonds. The smallest absolute Gasteiger partial charge is 0.339 e. The number of carbonyl (C=O) groups excluding carboxylic acids is 3. The molecule has 34 heavy (non-hydrogen) atoms. The minimum Gasteiger partial charge on any atom is -0.465 e. The summed E-state index contributed by atoms with van der Waals surface area (Å²) in [7, 11) is 1.31. The summed E-state index contributed by atoms with van der Waals surface area (Å²) in [6, 6.07) is 5.50. The van der Waals surface area contributed by atoms with Gasteiger partial charge in [-0.05, 0) is 44.9 Å². The minimum atomic E-state index is -0.532.